The molecule has 0 amide bonds. The van der Waals surface area contributed by atoms with Gasteiger partial charge in [0.15, 0.2) is 0 Å². The maximum atomic E-state index is 10.8. The van der Waals surface area contributed by atoms with Crippen LogP contribution in [0.15, 0.2) is 22.7 Å². The summed E-state index contributed by atoms with van der Waals surface area (Å²) in [4.78, 5) is 17.5. The van der Waals surface area contributed by atoms with E-state index in [1.54, 1.807) is 12.1 Å². The molecule has 1 atom stereocenters. The maximum Gasteiger partial charge on any atom is 0.524 e. The second-order valence-corrected chi connectivity index (χ2v) is 10.6. The minimum atomic E-state index is -4.55. The highest BCUT2D eigenvalue weighted by molar-refractivity contribution is 14.1. The van der Waals surface area contributed by atoms with Gasteiger partial charge in [0.1, 0.15) is 5.76 Å². The van der Waals surface area contributed by atoms with Crippen LogP contribution in [0.3, 0.4) is 0 Å². The highest BCUT2D eigenvalue weighted by Gasteiger charge is 2.26. The third kappa shape index (κ3) is 5.95. The first-order valence-electron chi connectivity index (χ1n) is 5.44. The van der Waals surface area contributed by atoms with E-state index in [0.29, 0.717) is 21.5 Å². The van der Waals surface area contributed by atoms with Crippen molar-refractivity contribution in [3.63, 3.8) is 0 Å². The summed E-state index contributed by atoms with van der Waals surface area (Å²) in [5.74, 6) is 0.134. The Bertz CT molecular complexity index is 576. The zero-order valence-corrected chi connectivity index (χ0v) is 16.9. The molecular formula is C10H12BBrClIO4P2. The lowest BCUT2D eigenvalue weighted by Gasteiger charge is -2.11. The number of fused-ring (bicyclic) bond motifs is 1. The Hall–Kier alpha value is 0.905. The Morgan fingerprint density at radius 1 is 1.55 bits per heavy atom. The van der Waals surface area contributed by atoms with Gasteiger partial charge in [0.25, 0.3) is 0 Å². The van der Waals surface area contributed by atoms with Crippen molar-refractivity contribution in [3.05, 3.63) is 38.8 Å². The summed E-state index contributed by atoms with van der Waals surface area (Å²) in [7, 11) is -1.90. The first-order valence-corrected chi connectivity index (χ1v) is 10.1. The van der Waals surface area contributed by atoms with Gasteiger partial charge in [0.05, 0.1) is 5.02 Å². The Morgan fingerprint density at radius 2 is 2.10 bits per heavy atom. The lowest BCUT2D eigenvalue weighted by Crippen LogP contribution is -1.91. The van der Waals surface area contributed by atoms with Crippen LogP contribution in [0.25, 0.3) is 5.76 Å². The van der Waals surface area contributed by atoms with Crippen LogP contribution in [-0.2, 0) is 15.5 Å². The molecule has 0 bridgehead atoms. The summed E-state index contributed by atoms with van der Waals surface area (Å²) in [6.45, 7) is 2.12. The van der Waals surface area contributed by atoms with Crippen LogP contribution in [0.2, 0.25) is 11.8 Å². The molecule has 4 nitrogen and oxygen atoms in total. The van der Waals surface area contributed by atoms with Crippen molar-refractivity contribution in [2.75, 3.05) is 0 Å². The minimum Gasteiger partial charge on any atom is -0.404 e. The SMILES string of the molecule is CB(P)I.O=P(O)(O)OC1=CCc2ccc(Br)c(Cl)c21. The number of allylic oxidation sites excluding steroid dienone is 1. The molecule has 1 aliphatic rings. The van der Waals surface area contributed by atoms with E-state index in [4.69, 9.17) is 21.4 Å². The lowest BCUT2D eigenvalue weighted by molar-refractivity contribution is 0.269. The smallest absolute Gasteiger partial charge is 0.404 e. The molecule has 1 unspecified atom stereocenters. The van der Waals surface area contributed by atoms with Crippen LogP contribution in [0.1, 0.15) is 11.1 Å². The first kappa shape index (κ1) is 19.0. The molecule has 0 saturated carbocycles. The van der Waals surface area contributed by atoms with E-state index < -0.39 is 7.82 Å². The average Bonchev–Trinajstić information content (AvgIpc) is 2.64. The molecule has 0 fully saturated rings. The number of phosphoric ester groups is 1. The molecule has 10 heteroatoms. The predicted octanol–water partition coefficient (Wildman–Crippen LogP) is 4.52. The van der Waals surface area contributed by atoms with Crippen molar-refractivity contribution in [1.82, 2.24) is 0 Å². The molecule has 0 radical (unpaired) electrons. The number of hydrogen-bond acceptors (Lipinski definition) is 2. The van der Waals surface area contributed by atoms with Gasteiger partial charge < -0.3 is 4.52 Å². The topological polar surface area (TPSA) is 66.8 Å². The molecule has 0 saturated heterocycles. The molecule has 2 rings (SSSR count). The largest absolute Gasteiger partial charge is 0.524 e. The van der Waals surface area contributed by atoms with Gasteiger partial charge in [-0.15, -0.1) is 22.4 Å². The summed E-state index contributed by atoms with van der Waals surface area (Å²) < 4.78 is 16.7. The van der Waals surface area contributed by atoms with Crippen LogP contribution in [0, 0.1) is 0 Å². The molecule has 1 aromatic carbocycles. The lowest BCUT2D eigenvalue weighted by atomic mass is 10.1. The second-order valence-electron chi connectivity index (χ2n) is 3.93. The van der Waals surface area contributed by atoms with Crippen molar-refractivity contribution < 1.29 is 18.9 Å². The monoisotopic (exact) mass is 510 g/mol. The summed E-state index contributed by atoms with van der Waals surface area (Å²) in [6.07, 6.45) is 2.15. The van der Waals surface area contributed by atoms with Gasteiger partial charge >= 0.3 is 7.82 Å². The summed E-state index contributed by atoms with van der Waals surface area (Å²) in [5, 5.41) is 0.398. The fourth-order valence-corrected chi connectivity index (χ4v) is 2.57. The van der Waals surface area contributed by atoms with Gasteiger partial charge in [-0.1, -0.05) is 24.5 Å². The maximum absolute atomic E-state index is 10.8. The molecule has 1 aliphatic carbocycles. The number of benzene rings is 1. The first-order chi connectivity index (χ1) is 9.11. The summed E-state index contributed by atoms with van der Waals surface area (Å²) in [5.41, 5.74) is 1.43. The standard InChI is InChI=1S/C9H7BrClO4P.CH5BIP/c10-6-3-1-5-2-4-7(8(5)9(6)11)15-16(12,13)14;1-2(3)4/h1,3-4H,2H2,(H2,12,13,14);4H2,1H3. The average molecular weight is 511 g/mol. The minimum absolute atomic E-state index is 0.134. The molecule has 2 N–H and O–H groups in total. The molecule has 110 valence electrons. The Morgan fingerprint density at radius 3 is 2.60 bits per heavy atom. The van der Waals surface area contributed by atoms with E-state index in [9.17, 15) is 4.57 Å². The van der Waals surface area contributed by atoms with Crippen LogP contribution in [-0.4, -0.2) is 14.1 Å². The number of halogens is 3. The van der Waals surface area contributed by atoms with Crippen molar-refractivity contribution in [2.45, 2.75) is 13.2 Å². The van der Waals surface area contributed by atoms with Gasteiger partial charge in [0.2, 0.25) is 4.29 Å². The molecule has 0 spiro atoms. The highest BCUT2D eigenvalue weighted by Crippen LogP contribution is 2.47. The molecule has 1 aromatic rings. The quantitative estimate of drug-likeness (QED) is 0.348. The molecule has 0 aliphatic heterocycles. The molecule has 0 heterocycles. The van der Waals surface area contributed by atoms with Gasteiger partial charge in [0, 0.05) is 10.0 Å². The van der Waals surface area contributed by atoms with Gasteiger partial charge in [-0.05, 0) is 40.1 Å². The van der Waals surface area contributed by atoms with Gasteiger partial charge in [-0.3, -0.25) is 9.79 Å². The predicted molar refractivity (Wildman–Crippen MR) is 99.3 cm³/mol. The van der Waals surface area contributed by atoms with E-state index in [0.717, 1.165) is 9.85 Å². The fraction of sp³-hybridized carbons (Fsp3) is 0.200. The molecular weight excluding hydrogens is 499 g/mol. The molecule has 0 aromatic heterocycles. The Labute approximate surface area is 147 Å². The normalized spacial score (nSPS) is 13.1. The van der Waals surface area contributed by atoms with Crippen molar-refractivity contribution in [3.8, 4) is 0 Å². The third-order valence-corrected chi connectivity index (χ3v) is 3.87. The zero-order chi connectivity index (χ0) is 15.5. The summed E-state index contributed by atoms with van der Waals surface area (Å²) >= 11 is 11.6. The summed E-state index contributed by atoms with van der Waals surface area (Å²) in [6, 6.07) is 3.62. The Kier molecular flexibility index (Phi) is 7.54. The molecule has 20 heavy (non-hydrogen) atoms. The van der Waals surface area contributed by atoms with Gasteiger partial charge in [-0.2, -0.15) is 9.12 Å². The van der Waals surface area contributed by atoms with E-state index >= 15 is 0 Å². The van der Waals surface area contributed by atoms with E-state index in [2.05, 4.69) is 58.8 Å². The van der Waals surface area contributed by atoms with Crippen LogP contribution < -0.4 is 0 Å². The number of phosphoric acid groups is 1. The van der Waals surface area contributed by atoms with Crippen LogP contribution >= 0.6 is 66.8 Å². The fourth-order valence-electron chi connectivity index (χ4n) is 1.54. The number of rotatable bonds is 2. The van der Waals surface area contributed by atoms with Crippen LogP contribution in [0.5, 0.6) is 0 Å². The van der Waals surface area contributed by atoms with Crippen molar-refractivity contribution in [1.29, 1.82) is 0 Å². The third-order valence-electron chi connectivity index (χ3n) is 2.15. The highest BCUT2D eigenvalue weighted by atomic mass is 127. The second kappa shape index (κ2) is 7.95. The van der Waals surface area contributed by atoms with E-state index in [-0.39, 0.29) is 5.76 Å². The van der Waals surface area contributed by atoms with Crippen LogP contribution in [0.4, 0.5) is 0 Å². The Balaban J connectivity index is 0.000000444. The van der Waals surface area contributed by atoms with E-state index in [1.807, 2.05) is 6.07 Å². The van der Waals surface area contributed by atoms with E-state index in [1.165, 1.54) is 0 Å². The number of hydrogen-bond donors (Lipinski definition) is 2. The van der Waals surface area contributed by atoms with Crippen molar-refractivity contribution in [2.24, 2.45) is 0 Å². The van der Waals surface area contributed by atoms with Crippen molar-refractivity contribution >= 4 is 76.9 Å². The zero-order valence-electron chi connectivity index (χ0n) is 10.4. The van der Waals surface area contributed by atoms with Gasteiger partial charge in [-0.25, -0.2) is 4.57 Å².